The van der Waals surface area contributed by atoms with Crippen molar-refractivity contribution in [1.29, 1.82) is 0 Å². The number of benzene rings is 1. The number of nitrogens with one attached hydrogen (secondary N) is 2. The molecule has 0 bridgehead atoms. The van der Waals surface area contributed by atoms with Crippen LogP contribution in [0.2, 0.25) is 0 Å². The maximum absolute atomic E-state index is 13.7. The number of hydrogen-bond donors (Lipinski definition) is 2. The van der Waals surface area contributed by atoms with Crippen LogP contribution in [0, 0.1) is 17.5 Å². The average Bonchev–Trinajstić information content (AvgIpc) is 2.46. The molecule has 0 amide bonds. The Bertz CT molecular complexity index is 646. The minimum Gasteiger partial charge on any atom is -0.373 e. The molecule has 1 aromatic heterocycles. The normalized spacial score (nSPS) is 10.5. The highest BCUT2D eigenvalue weighted by molar-refractivity contribution is 5.65. The Hall–Kier alpha value is -2.31. The van der Waals surface area contributed by atoms with E-state index in [4.69, 9.17) is 0 Å². The number of nitrogens with zero attached hydrogens (tertiary/aromatic N) is 2. The summed E-state index contributed by atoms with van der Waals surface area (Å²) >= 11 is 0. The van der Waals surface area contributed by atoms with Gasteiger partial charge >= 0.3 is 0 Å². The number of hydrogen-bond acceptors (Lipinski definition) is 4. The van der Waals surface area contributed by atoms with Crippen molar-refractivity contribution >= 4 is 17.3 Å². The van der Waals surface area contributed by atoms with Gasteiger partial charge in [0.25, 0.3) is 0 Å². The molecule has 1 aromatic carbocycles. The summed E-state index contributed by atoms with van der Waals surface area (Å²) in [4.78, 5) is 8.13. The van der Waals surface area contributed by atoms with Gasteiger partial charge in [-0.3, -0.25) is 0 Å². The van der Waals surface area contributed by atoms with Gasteiger partial charge in [0.2, 0.25) is 0 Å². The SMILES string of the molecule is CCCc1c(NC)ncnc1Nc1cc(F)c(F)cc1F. The summed E-state index contributed by atoms with van der Waals surface area (Å²) in [5.41, 5.74) is 0.582. The van der Waals surface area contributed by atoms with Crippen LogP contribution in [0.25, 0.3) is 0 Å². The first-order valence-electron chi connectivity index (χ1n) is 6.50. The number of aromatic nitrogens is 2. The van der Waals surface area contributed by atoms with E-state index < -0.39 is 17.5 Å². The molecule has 0 fully saturated rings. The molecule has 1 heterocycles. The van der Waals surface area contributed by atoms with Crippen molar-refractivity contribution in [3.05, 3.63) is 41.5 Å². The fourth-order valence-electron chi connectivity index (χ4n) is 1.97. The predicted octanol–water partition coefficient (Wildman–Crippen LogP) is 3.63. The zero-order valence-electron chi connectivity index (χ0n) is 11.7. The molecular weight excluding hydrogens is 281 g/mol. The average molecular weight is 296 g/mol. The van der Waals surface area contributed by atoms with Crippen LogP contribution in [-0.2, 0) is 6.42 Å². The van der Waals surface area contributed by atoms with E-state index in [9.17, 15) is 13.2 Å². The molecule has 0 saturated heterocycles. The van der Waals surface area contributed by atoms with E-state index in [0.29, 0.717) is 24.1 Å². The highest BCUT2D eigenvalue weighted by Gasteiger charge is 2.14. The quantitative estimate of drug-likeness (QED) is 0.827. The predicted molar refractivity (Wildman–Crippen MR) is 75.2 cm³/mol. The first-order valence-corrected chi connectivity index (χ1v) is 6.50. The maximum atomic E-state index is 13.7. The van der Waals surface area contributed by atoms with Crippen LogP contribution in [0.1, 0.15) is 18.9 Å². The van der Waals surface area contributed by atoms with Crippen molar-refractivity contribution < 1.29 is 13.2 Å². The maximum Gasteiger partial charge on any atom is 0.161 e. The van der Waals surface area contributed by atoms with Gasteiger partial charge in [-0.1, -0.05) is 13.3 Å². The molecule has 4 nitrogen and oxygen atoms in total. The van der Waals surface area contributed by atoms with Crippen LogP contribution in [0.5, 0.6) is 0 Å². The molecule has 7 heteroatoms. The van der Waals surface area contributed by atoms with Crippen LogP contribution < -0.4 is 10.6 Å². The van der Waals surface area contributed by atoms with E-state index >= 15 is 0 Å². The molecule has 112 valence electrons. The van der Waals surface area contributed by atoms with Gasteiger partial charge in [-0.2, -0.15) is 0 Å². The van der Waals surface area contributed by atoms with Crippen molar-refractivity contribution in [3.8, 4) is 0 Å². The van der Waals surface area contributed by atoms with Gasteiger partial charge in [-0.05, 0) is 6.42 Å². The molecule has 0 aliphatic carbocycles. The van der Waals surface area contributed by atoms with Gasteiger partial charge in [0.1, 0.15) is 23.8 Å². The lowest BCUT2D eigenvalue weighted by Gasteiger charge is -2.14. The first kappa shape index (κ1) is 15.1. The van der Waals surface area contributed by atoms with Crippen LogP contribution in [-0.4, -0.2) is 17.0 Å². The van der Waals surface area contributed by atoms with E-state index in [-0.39, 0.29) is 5.69 Å². The first-order chi connectivity index (χ1) is 10.1. The summed E-state index contributed by atoms with van der Waals surface area (Å²) in [6, 6.07) is 1.26. The smallest absolute Gasteiger partial charge is 0.161 e. The lowest BCUT2D eigenvalue weighted by Crippen LogP contribution is -2.06. The lowest BCUT2D eigenvalue weighted by atomic mass is 10.1. The topological polar surface area (TPSA) is 49.8 Å². The molecule has 0 aliphatic heterocycles. The van der Waals surface area contributed by atoms with Crippen LogP contribution in [0.3, 0.4) is 0 Å². The highest BCUT2D eigenvalue weighted by Crippen LogP contribution is 2.27. The van der Waals surface area contributed by atoms with Crippen molar-refractivity contribution in [1.82, 2.24) is 9.97 Å². The second-order valence-corrected chi connectivity index (χ2v) is 4.42. The Morgan fingerprint density at radius 1 is 1.00 bits per heavy atom. The molecule has 2 N–H and O–H groups in total. The van der Waals surface area contributed by atoms with Crippen LogP contribution in [0.4, 0.5) is 30.5 Å². The third-order valence-corrected chi connectivity index (χ3v) is 2.95. The third-order valence-electron chi connectivity index (χ3n) is 2.95. The van der Waals surface area contributed by atoms with Gasteiger partial charge in [-0.15, -0.1) is 0 Å². The van der Waals surface area contributed by atoms with Crippen molar-refractivity contribution in [2.75, 3.05) is 17.7 Å². The van der Waals surface area contributed by atoms with Gasteiger partial charge in [0.15, 0.2) is 11.6 Å². The lowest BCUT2D eigenvalue weighted by molar-refractivity contribution is 0.496. The second kappa shape index (κ2) is 6.43. The molecule has 2 aromatic rings. The van der Waals surface area contributed by atoms with Gasteiger partial charge in [0, 0.05) is 24.7 Å². The third kappa shape index (κ3) is 3.24. The zero-order chi connectivity index (χ0) is 15.4. The molecule has 0 radical (unpaired) electrons. The van der Waals surface area contributed by atoms with E-state index in [1.807, 2.05) is 6.92 Å². The van der Waals surface area contributed by atoms with Crippen LogP contribution >= 0.6 is 0 Å². The fourth-order valence-corrected chi connectivity index (χ4v) is 1.97. The Balaban J connectivity index is 2.42. The number of rotatable bonds is 5. The molecule has 0 aliphatic rings. The van der Waals surface area contributed by atoms with Gasteiger partial charge in [-0.25, -0.2) is 23.1 Å². The monoisotopic (exact) mass is 296 g/mol. The second-order valence-electron chi connectivity index (χ2n) is 4.42. The molecule has 0 spiro atoms. The fraction of sp³-hybridized carbons (Fsp3) is 0.286. The molecule has 0 unspecified atom stereocenters. The standard InChI is InChI=1S/C14H15F3N4/c1-3-4-8-13(18-2)19-7-20-14(8)21-12-6-10(16)9(15)5-11(12)17/h5-7H,3-4H2,1-2H3,(H2,18,19,20,21). The van der Waals surface area contributed by atoms with E-state index in [1.54, 1.807) is 7.05 Å². The van der Waals surface area contributed by atoms with E-state index in [1.165, 1.54) is 6.33 Å². The Kier molecular flexibility index (Phi) is 4.62. The summed E-state index contributed by atoms with van der Waals surface area (Å²) in [5, 5.41) is 5.62. The van der Waals surface area contributed by atoms with Crippen molar-refractivity contribution in [2.24, 2.45) is 0 Å². The van der Waals surface area contributed by atoms with Crippen molar-refractivity contribution in [3.63, 3.8) is 0 Å². The largest absolute Gasteiger partial charge is 0.373 e. The van der Waals surface area contributed by atoms with Gasteiger partial charge < -0.3 is 10.6 Å². The Morgan fingerprint density at radius 2 is 1.67 bits per heavy atom. The molecule has 21 heavy (non-hydrogen) atoms. The summed E-state index contributed by atoms with van der Waals surface area (Å²) in [7, 11) is 1.71. The Morgan fingerprint density at radius 3 is 2.33 bits per heavy atom. The number of halogens is 3. The molecular formula is C14H15F3N4. The van der Waals surface area contributed by atoms with Gasteiger partial charge in [0.05, 0.1) is 5.69 Å². The summed E-state index contributed by atoms with van der Waals surface area (Å²) < 4.78 is 39.9. The highest BCUT2D eigenvalue weighted by atomic mass is 19.2. The Labute approximate surface area is 120 Å². The number of anilines is 3. The minimum absolute atomic E-state index is 0.174. The van der Waals surface area contributed by atoms with E-state index in [2.05, 4.69) is 20.6 Å². The van der Waals surface area contributed by atoms with Crippen molar-refractivity contribution in [2.45, 2.75) is 19.8 Å². The summed E-state index contributed by atoms with van der Waals surface area (Å²) in [6.07, 6.45) is 2.80. The molecule has 2 rings (SSSR count). The summed E-state index contributed by atoms with van der Waals surface area (Å²) in [5.74, 6) is -2.27. The van der Waals surface area contributed by atoms with Crippen LogP contribution in [0.15, 0.2) is 18.5 Å². The van der Waals surface area contributed by atoms with E-state index in [0.717, 1.165) is 18.1 Å². The molecule has 0 atom stereocenters. The summed E-state index contributed by atoms with van der Waals surface area (Å²) in [6.45, 7) is 1.98. The molecule has 0 saturated carbocycles. The minimum atomic E-state index is -1.23. The zero-order valence-corrected chi connectivity index (χ0v) is 11.7.